The lowest BCUT2D eigenvalue weighted by molar-refractivity contribution is -0.120. The smallest absolute Gasteiger partial charge is 0.253 e. The highest BCUT2D eigenvalue weighted by atomic mass is 79.9. The lowest BCUT2D eigenvalue weighted by Crippen LogP contribution is -2.26. The van der Waals surface area contributed by atoms with E-state index >= 15 is 0 Å². The van der Waals surface area contributed by atoms with Gasteiger partial charge in [0.05, 0.1) is 15.9 Å². The minimum absolute atomic E-state index is 0.182. The largest absolute Gasteiger partial charge is 0.459 e. The first-order valence-corrected chi connectivity index (χ1v) is 8.52. The number of amides is 1. The van der Waals surface area contributed by atoms with Crippen LogP contribution in [0.2, 0.25) is 5.02 Å². The molecule has 1 aromatic heterocycles. The predicted octanol–water partition coefficient (Wildman–Crippen LogP) is 4.63. The molecule has 2 aromatic rings. The topological polar surface area (TPSA) is 54.6 Å². The number of hydrogen-bond acceptors (Lipinski definition) is 4. The van der Waals surface area contributed by atoms with E-state index in [1.54, 1.807) is 18.2 Å². The first-order valence-electron chi connectivity index (χ1n) is 6.47. The molecule has 116 valence electrons. The van der Waals surface area contributed by atoms with Crippen LogP contribution in [0, 0.1) is 6.92 Å². The molecule has 0 spiro atoms. The van der Waals surface area contributed by atoms with Crippen molar-refractivity contribution < 1.29 is 9.21 Å². The van der Waals surface area contributed by atoms with Crippen molar-refractivity contribution in [1.29, 1.82) is 0 Å². The van der Waals surface area contributed by atoms with Crippen molar-refractivity contribution in [1.82, 2.24) is 5.43 Å². The van der Waals surface area contributed by atoms with E-state index in [4.69, 9.17) is 16.0 Å². The van der Waals surface area contributed by atoms with Gasteiger partial charge in [-0.2, -0.15) is 5.10 Å². The molecule has 4 nitrogen and oxygen atoms in total. The molecule has 1 amide bonds. The molecule has 0 fully saturated rings. The summed E-state index contributed by atoms with van der Waals surface area (Å²) in [6.07, 6.45) is 1.47. The predicted molar refractivity (Wildman–Crippen MR) is 93.7 cm³/mol. The van der Waals surface area contributed by atoms with Gasteiger partial charge in [0.15, 0.2) is 0 Å². The molecule has 0 aliphatic carbocycles. The van der Waals surface area contributed by atoms with E-state index in [9.17, 15) is 4.79 Å². The molecule has 0 unspecified atom stereocenters. The summed E-state index contributed by atoms with van der Waals surface area (Å²) in [4.78, 5) is 12.9. The monoisotopic (exact) mass is 400 g/mol. The molecule has 0 aliphatic heterocycles. The normalized spacial score (nSPS) is 12.5. The van der Waals surface area contributed by atoms with E-state index in [-0.39, 0.29) is 11.2 Å². The van der Waals surface area contributed by atoms with Gasteiger partial charge in [-0.15, -0.1) is 11.8 Å². The van der Waals surface area contributed by atoms with E-state index in [1.807, 2.05) is 26.0 Å². The molecule has 1 N–H and O–H groups in total. The third kappa shape index (κ3) is 4.90. The van der Waals surface area contributed by atoms with Gasteiger partial charge in [-0.25, -0.2) is 5.43 Å². The second kappa shape index (κ2) is 7.85. The summed E-state index contributed by atoms with van der Waals surface area (Å²) in [5.41, 5.74) is 2.50. The molecular weight excluding hydrogens is 388 g/mol. The second-order valence-corrected chi connectivity index (χ2v) is 7.21. The van der Waals surface area contributed by atoms with Crippen molar-refractivity contribution >= 4 is 51.4 Å². The highest BCUT2D eigenvalue weighted by Gasteiger charge is 2.13. The number of hydrazone groups is 1. The number of nitrogens with zero attached hydrogens (tertiary/aromatic N) is 1. The fourth-order valence-electron chi connectivity index (χ4n) is 1.57. The van der Waals surface area contributed by atoms with Crippen molar-refractivity contribution in [3.8, 4) is 0 Å². The number of aryl methyl sites for hydroxylation is 1. The van der Waals surface area contributed by atoms with Gasteiger partial charge >= 0.3 is 0 Å². The molecule has 7 heteroatoms. The summed E-state index contributed by atoms with van der Waals surface area (Å²) >= 11 is 10.6. The van der Waals surface area contributed by atoms with E-state index in [2.05, 4.69) is 26.5 Å². The van der Waals surface area contributed by atoms with Crippen LogP contribution in [0.15, 0.2) is 49.2 Å². The summed E-state index contributed by atoms with van der Waals surface area (Å²) < 4.78 is 6.27. The van der Waals surface area contributed by atoms with E-state index in [0.29, 0.717) is 10.8 Å². The van der Waals surface area contributed by atoms with Gasteiger partial charge in [0, 0.05) is 16.0 Å². The maximum Gasteiger partial charge on any atom is 0.253 e. The Kier molecular flexibility index (Phi) is 6.11. The Balaban J connectivity index is 1.87. The van der Waals surface area contributed by atoms with Crippen LogP contribution in [0.5, 0.6) is 0 Å². The zero-order valence-corrected chi connectivity index (χ0v) is 15.1. The van der Waals surface area contributed by atoms with E-state index in [1.165, 1.54) is 18.0 Å². The molecule has 0 radical (unpaired) electrons. The van der Waals surface area contributed by atoms with Crippen LogP contribution in [0.4, 0.5) is 0 Å². The van der Waals surface area contributed by atoms with Crippen molar-refractivity contribution in [2.45, 2.75) is 24.0 Å². The standard InChI is InChI=1S/C15H14BrClN2O2S/c1-9-14(16)7-12(21-9)8-18-19-15(20)10(2)22-13-5-3-11(17)4-6-13/h3-8,10H,1-2H3,(H,19,20)/b18-8-/t10-/m0/s1. The molecule has 1 atom stereocenters. The van der Waals surface area contributed by atoms with Crippen LogP contribution >= 0.6 is 39.3 Å². The van der Waals surface area contributed by atoms with E-state index in [0.717, 1.165) is 15.1 Å². The highest BCUT2D eigenvalue weighted by Crippen LogP contribution is 2.24. The van der Waals surface area contributed by atoms with Crippen LogP contribution in [-0.2, 0) is 4.79 Å². The molecule has 0 aliphatic rings. The third-order valence-electron chi connectivity index (χ3n) is 2.74. The van der Waals surface area contributed by atoms with Gasteiger partial charge in [-0.05, 0) is 54.0 Å². The molecule has 0 saturated carbocycles. The van der Waals surface area contributed by atoms with Gasteiger partial charge in [-0.1, -0.05) is 11.6 Å². The number of hydrogen-bond donors (Lipinski definition) is 1. The molecule has 0 saturated heterocycles. The van der Waals surface area contributed by atoms with Gasteiger partial charge in [0.2, 0.25) is 0 Å². The minimum Gasteiger partial charge on any atom is -0.459 e. The van der Waals surface area contributed by atoms with Crippen molar-refractivity contribution in [2.75, 3.05) is 0 Å². The average Bonchev–Trinajstić information content (AvgIpc) is 2.80. The van der Waals surface area contributed by atoms with Gasteiger partial charge in [-0.3, -0.25) is 4.79 Å². The SMILES string of the molecule is Cc1oc(/C=N\NC(=O)[C@H](C)Sc2ccc(Cl)cc2)cc1Br. The molecular formula is C15H14BrClN2O2S. The molecule has 0 bridgehead atoms. The highest BCUT2D eigenvalue weighted by molar-refractivity contribution is 9.10. The maximum atomic E-state index is 12.0. The van der Waals surface area contributed by atoms with Crippen LogP contribution in [-0.4, -0.2) is 17.4 Å². The number of furan rings is 1. The second-order valence-electron chi connectivity index (χ2n) is 4.50. The van der Waals surface area contributed by atoms with Gasteiger partial charge < -0.3 is 4.42 Å². The minimum atomic E-state index is -0.275. The van der Waals surface area contributed by atoms with Crippen LogP contribution in [0.25, 0.3) is 0 Å². The first-order chi connectivity index (χ1) is 10.5. The molecule has 1 heterocycles. The first kappa shape index (κ1) is 17.1. The van der Waals surface area contributed by atoms with Crippen LogP contribution in [0.1, 0.15) is 18.4 Å². The molecule has 22 heavy (non-hydrogen) atoms. The van der Waals surface area contributed by atoms with Gasteiger partial charge in [0.1, 0.15) is 11.5 Å². The van der Waals surface area contributed by atoms with E-state index < -0.39 is 0 Å². The Morgan fingerprint density at radius 1 is 1.45 bits per heavy atom. The Labute approximate surface area is 146 Å². The van der Waals surface area contributed by atoms with Crippen LogP contribution < -0.4 is 5.43 Å². The Morgan fingerprint density at radius 3 is 2.73 bits per heavy atom. The lowest BCUT2D eigenvalue weighted by Gasteiger charge is -2.09. The zero-order valence-electron chi connectivity index (χ0n) is 12.0. The fraction of sp³-hybridized carbons (Fsp3) is 0.200. The fourth-order valence-corrected chi connectivity index (χ4v) is 2.86. The number of carbonyl (C=O) groups excluding carboxylic acids is 1. The maximum absolute atomic E-state index is 12.0. The third-order valence-corrected chi connectivity index (χ3v) is 4.89. The van der Waals surface area contributed by atoms with Crippen molar-refractivity contribution in [2.24, 2.45) is 5.10 Å². The number of nitrogens with one attached hydrogen (secondary N) is 1. The van der Waals surface area contributed by atoms with Crippen molar-refractivity contribution in [3.05, 3.63) is 51.3 Å². The average molecular weight is 402 g/mol. The summed E-state index contributed by atoms with van der Waals surface area (Å²) in [7, 11) is 0. The zero-order chi connectivity index (χ0) is 16.1. The Hall–Kier alpha value is -1.24. The number of carbonyl (C=O) groups is 1. The number of benzene rings is 1. The van der Waals surface area contributed by atoms with Gasteiger partial charge in [0.25, 0.3) is 5.91 Å². The Morgan fingerprint density at radius 2 is 2.14 bits per heavy atom. The number of halogens is 2. The summed E-state index contributed by atoms with van der Waals surface area (Å²) in [6.45, 7) is 3.66. The molecule has 1 aromatic carbocycles. The summed E-state index contributed by atoms with van der Waals surface area (Å²) in [5.74, 6) is 1.15. The van der Waals surface area contributed by atoms with Crippen LogP contribution in [0.3, 0.4) is 0 Å². The number of rotatable bonds is 5. The summed E-state index contributed by atoms with van der Waals surface area (Å²) in [5, 5.41) is 4.30. The summed E-state index contributed by atoms with van der Waals surface area (Å²) in [6, 6.07) is 9.14. The number of thioether (sulfide) groups is 1. The van der Waals surface area contributed by atoms with Crippen molar-refractivity contribution in [3.63, 3.8) is 0 Å². The lowest BCUT2D eigenvalue weighted by atomic mass is 10.4. The Bertz CT molecular complexity index is 666. The molecule has 2 rings (SSSR count). The quantitative estimate of drug-likeness (QED) is 0.451.